The van der Waals surface area contributed by atoms with E-state index >= 15 is 0 Å². The molecule has 88 valence electrons. The number of ether oxygens (including phenoxy) is 1. The van der Waals surface area contributed by atoms with Gasteiger partial charge in [-0.15, -0.1) is 0 Å². The molecular formula is C9H7Cl2F2NO2. The van der Waals surface area contributed by atoms with Crippen LogP contribution in [0.5, 0.6) is 0 Å². The van der Waals surface area contributed by atoms with Gasteiger partial charge in [0.25, 0.3) is 6.43 Å². The van der Waals surface area contributed by atoms with Crippen molar-refractivity contribution in [1.29, 1.82) is 0 Å². The zero-order valence-corrected chi connectivity index (χ0v) is 9.36. The highest BCUT2D eigenvalue weighted by Crippen LogP contribution is 2.29. The van der Waals surface area contributed by atoms with Crippen LogP contribution >= 0.6 is 23.2 Å². The average molecular weight is 270 g/mol. The van der Waals surface area contributed by atoms with Gasteiger partial charge in [0.05, 0.1) is 21.3 Å². The number of halogens is 4. The number of hydrogen-bond donors (Lipinski definition) is 1. The summed E-state index contributed by atoms with van der Waals surface area (Å²) in [6.45, 7) is -0.973. The molecule has 0 amide bonds. The molecule has 0 aliphatic rings. The normalized spacial score (nSPS) is 10.6. The number of alkyl halides is 2. The number of benzene rings is 1. The smallest absolute Gasteiger partial charge is 0.338 e. The fourth-order valence-electron chi connectivity index (χ4n) is 0.950. The van der Waals surface area contributed by atoms with Crippen molar-refractivity contribution in [1.82, 2.24) is 0 Å². The van der Waals surface area contributed by atoms with E-state index < -0.39 is 19.0 Å². The summed E-state index contributed by atoms with van der Waals surface area (Å²) in [4.78, 5) is 11.3. The molecule has 3 nitrogen and oxygen atoms in total. The second-order valence-corrected chi connectivity index (χ2v) is 3.64. The monoisotopic (exact) mass is 269 g/mol. The molecule has 0 aromatic heterocycles. The van der Waals surface area contributed by atoms with Crippen molar-refractivity contribution in [3.63, 3.8) is 0 Å². The highest BCUT2D eigenvalue weighted by atomic mass is 35.5. The van der Waals surface area contributed by atoms with Crippen LogP contribution < -0.4 is 5.73 Å². The molecule has 1 rings (SSSR count). The zero-order chi connectivity index (χ0) is 12.3. The fraction of sp³-hybridized carbons (Fsp3) is 0.222. The third kappa shape index (κ3) is 3.21. The summed E-state index contributed by atoms with van der Waals surface area (Å²) in [5.41, 5.74) is 5.50. The number of carbonyl (C=O) groups is 1. The molecule has 2 N–H and O–H groups in total. The molecule has 0 aliphatic carbocycles. The van der Waals surface area contributed by atoms with Crippen LogP contribution in [0.1, 0.15) is 10.4 Å². The Labute approximate surface area is 100 Å². The van der Waals surface area contributed by atoms with Gasteiger partial charge in [-0.3, -0.25) is 0 Å². The molecule has 0 saturated heterocycles. The van der Waals surface area contributed by atoms with Gasteiger partial charge in [-0.25, -0.2) is 13.6 Å². The second-order valence-electron chi connectivity index (χ2n) is 2.85. The van der Waals surface area contributed by atoms with Crippen molar-refractivity contribution < 1.29 is 18.3 Å². The number of anilines is 1. The van der Waals surface area contributed by atoms with Crippen LogP contribution in [0, 0.1) is 0 Å². The Hall–Kier alpha value is -1.07. The highest BCUT2D eigenvalue weighted by Gasteiger charge is 2.14. The van der Waals surface area contributed by atoms with Crippen LogP contribution in [0.2, 0.25) is 10.0 Å². The van der Waals surface area contributed by atoms with Crippen LogP contribution in [-0.4, -0.2) is 19.0 Å². The van der Waals surface area contributed by atoms with Crippen LogP contribution in [0.3, 0.4) is 0 Å². The Balaban J connectivity index is 2.84. The molecule has 0 heterocycles. The first-order valence-corrected chi connectivity index (χ1v) is 4.87. The lowest BCUT2D eigenvalue weighted by Crippen LogP contribution is -2.12. The van der Waals surface area contributed by atoms with Crippen LogP contribution in [0.4, 0.5) is 14.5 Å². The predicted octanol–water partition coefficient (Wildman–Crippen LogP) is 3.00. The van der Waals surface area contributed by atoms with Crippen molar-refractivity contribution >= 4 is 34.9 Å². The average Bonchev–Trinajstić information content (AvgIpc) is 2.21. The third-order valence-corrected chi connectivity index (χ3v) is 2.45. The minimum Gasteiger partial charge on any atom is -0.456 e. The molecule has 0 fully saturated rings. The van der Waals surface area contributed by atoms with E-state index in [1.807, 2.05) is 0 Å². The summed E-state index contributed by atoms with van der Waals surface area (Å²) in [7, 11) is 0. The van der Waals surface area contributed by atoms with E-state index in [0.717, 1.165) is 0 Å². The van der Waals surface area contributed by atoms with Crippen LogP contribution in [0.15, 0.2) is 12.1 Å². The van der Waals surface area contributed by atoms with Crippen molar-refractivity contribution in [2.24, 2.45) is 0 Å². The lowest BCUT2D eigenvalue weighted by atomic mass is 10.2. The van der Waals surface area contributed by atoms with Crippen LogP contribution in [0.25, 0.3) is 0 Å². The Morgan fingerprint density at radius 3 is 2.56 bits per heavy atom. The van der Waals surface area contributed by atoms with Gasteiger partial charge in [0.15, 0.2) is 6.61 Å². The molecule has 0 aliphatic heterocycles. The van der Waals surface area contributed by atoms with Crippen molar-refractivity contribution in [3.8, 4) is 0 Å². The van der Waals surface area contributed by atoms with E-state index in [0.29, 0.717) is 0 Å². The molecule has 0 saturated carbocycles. The fourth-order valence-corrected chi connectivity index (χ4v) is 1.29. The van der Waals surface area contributed by atoms with E-state index in [2.05, 4.69) is 4.74 Å². The van der Waals surface area contributed by atoms with Gasteiger partial charge in [0.1, 0.15) is 0 Å². The van der Waals surface area contributed by atoms with Gasteiger partial charge in [0.2, 0.25) is 0 Å². The lowest BCUT2D eigenvalue weighted by Gasteiger charge is -2.06. The zero-order valence-electron chi connectivity index (χ0n) is 7.84. The number of rotatable bonds is 3. The van der Waals surface area contributed by atoms with E-state index in [1.165, 1.54) is 12.1 Å². The molecule has 0 spiro atoms. The van der Waals surface area contributed by atoms with Crippen molar-refractivity contribution in [2.45, 2.75) is 6.43 Å². The lowest BCUT2D eigenvalue weighted by molar-refractivity contribution is 0.0160. The molecule has 1 aromatic carbocycles. The number of nitrogen functional groups attached to an aromatic ring is 1. The minimum absolute atomic E-state index is 0.0208. The molecule has 16 heavy (non-hydrogen) atoms. The maximum atomic E-state index is 11.8. The number of hydrogen-bond acceptors (Lipinski definition) is 3. The molecule has 7 heteroatoms. The first-order valence-electron chi connectivity index (χ1n) is 4.11. The number of carbonyl (C=O) groups excluding carboxylic acids is 1. The van der Waals surface area contributed by atoms with Gasteiger partial charge in [-0.05, 0) is 12.1 Å². The maximum Gasteiger partial charge on any atom is 0.338 e. The Bertz CT molecular complexity index is 389. The van der Waals surface area contributed by atoms with Gasteiger partial charge < -0.3 is 10.5 Å². The van der Waals surface area contributed by atoms with Gasteiger partial charge in [-0.1, -0.05) is 23.2 Å². The Kier molecular flexibility index (Phi) is 4.32. The van der Waals surface area contributed by atoms with E-state index in [4.69, 9.17) is 28.9 Å². The molecular weight excluding hydrogens is 263 g/mol. The maximum absolute atomic E-state index is 11.8. The Morgan fingerprint density at radius 1 is 1.44 bits per heavy atom. The summed E-state index contributed by atoms with van der Waals surface area (Å²) in [5.74, 6) is -0.925. The standard InChI is InChI=1S/C9H7Cl2F2NO2/c10-5-1-4(2-6(14)8(5)11)9(15)16-3-7(12)13/h1-2,7H,3,14H2. The first-order chi connectivity index (χ1) is 7.41. The van der Waals surface area contributed by atoms with E-state index in [1.54, 1.807) is 0 Å². The largest absolute Gasteiger partial charge is 0.456 e. The summed E-state index contributed by atoms with van der Waals surface area (Å²) in [6.07, 6.45) is -2.72. The van der Waals surface area contributed by atoms with Crippen molar-refractivity contribution in [3.05, 3.63) is 27.7 Å². The second kappa shape index (κ2) is 5.32. The summed E-state index contributed by atoms with van der Waals surface area (Å²) in [6, 6.07) is 2.41. The summed E-state index contributed by atoms with van der Waals surface area (Å²) >= 11 is 11.3. The van der Waals surface area contributed by atoms with Crippen molar-refractivity contribution in [2.75, 3.05) is 12.3 Å². The topological polar surface area (TPSA) is 52.3 Å². The summed E-state index contributed by atoms with van der Waals surface area (Å²) in [5, 5.41) is 0.165. The number of esters is 1. The minimum atomic E-state index is -2.72. The van der Waals surface area contributed by atoms with Gasteiger partial charge in [-0.2, -0.15) is 0 Å². The molecule has 0 unspecified atom stereocenters. The quantitative estimate of drug-likeness (QED) is 0.678. The highest BCUT2D eigenvalue weighted by molar-refractivity contribution is 6.43. The number of nitrogens with two attached hydrogens (primary N) is 1. The van der Waals surface area contributed by atoms with E-state index in [9.17, 15) is 13.6 Å². The summed E-state index contributed by atoms with van der Waals surface area (Å²) < 4.78 is 27.9. The SMILES string of the molecule is Nc1cc(C(=O)OCC(F)F)cc(Cl)c1Cl. The molecule has 0 radical (unpaired) electrons. The van der Waals surface area contributed by atoms with Crippen LogP contribution in [-0.2, 0) is 4.74 Å². The first kappa shape index (κ1) is 13.0. The van der Waals surface area contributed by atoms with E-state index in [-0.39, 0.29) is 21.3 Å². The predicted molar refractivity (Wildman–Crippen MR) is 57.2 cm³/mol. The van der Waals surface area contributed by atoms with Gasteiger partial charge >= 0.3 is 5.97 Å². The van der Waals surface area contributed by atoms with Gasteiger partial charge in [0, 0.05) is 0 Å². The molecule has 1 aromatic rings. The molecule has 0 atom stereocenters. The Morgan fingerprint density at radius 2 is 2.06 bits per heavy atom. The molecule has 0 bridgehead atoms. The third-order valence-electron chi connectivity index (χ3n) is 1.63.